The molecule has 5 nitrogen and oxygen atoms in total. The lowest BCUT2D eigenvalue weighted by Crippen LogP contribution is -2.53. The Labute approximate surface area is 216 Å². The van der Waals surface area contributed by atoms with Gasteiger partial charge < -0.3 is 20.3 Å². The van der Waals surface area contributed by atoms with Crippen LogP contribution >= 0.6 is 35.6 Å². The molecule has 3 aliphatic rings. The molecular weight excluding hydrogens is 535 g/mol. The van der Waals surface area contributed by atoms with E-state index in [9.17, 15) is 0 Å². The van der Waals surface area contributed by atoms with Crippen molar-refractivity contribution in [1.29, 1.82) is 0 Å². The number of nitrogens with zero attached hydrogens (tertiary/aromatic N) is 2. The van der Waals surface area contributed by atoms with Crippen LogP contribution in [0.4, 0.5) is 0 Å². The molecule has 2 saturated heterocycles. The highest BCUT2D eigenvalue weighted by molar-refractivity contribution is 14.0. The van der Waals surface area contributed by atoms with Gasteiger partial charge in [0.1, 0.15) is 0 Å². The monoisotopic (exact) mass is 574 g/mol. The van der Waals surface area contributed by atoms with Gasteiger partial charge in [0.2, 0.25) is 0 Å². The van der Waals surface area contributed by atoms with E-state index in [1.54, 1.807) is 0 Å². The number of piperidine rings is 1. The van der Waals surface area contributed by atoms with Crippen molar-refractivity contribution >= 4 is 41.5 Å². The maximum atomic E-state index is 6.61. The zero-order valence-electron chi connectivity index (χ0n) is 19.5. The molecule has 0 aromatic heterocycles. The predicted molar refractivity (Wildman–Crippen MR) is 145 cm³/mol. The van der Waals surface area contributed by atoms with Crippen LogP contribution in [0.3, 0.4) is 0 Å². The first-order chi connectivity index (χ1) is 15.2. The van der Waals surface area contributed by atoms with E-state index in [2.05, 4.69) is 32.7 Å². The summed E-state index contributed by atoms with van der Waals surface area (Å²) in [6.07, 6.45) is 11.4. The molecule has 2 aliphatic heterocycles. The van der Waals surface area contributed by atoms with Crippen LogP contribution in [0.1, 0.15) is 63.4 Å². The van der Waals surface area contributed by atoms with Gasteiger partial charge in [0.05, 0.1) is 0 Å². The van der Waals surface area contributed by atoms with E-state index in [4.69, 9.17) is 16.3 Å². The summed E-state index contributed by atoms with van der Waals surface area (Å²) >= 11 is 6.61. The van der Waals surface area contributed by atoms with Crippen LogP contribution < -0.4 is 10.6 Å². The molecule has 0 spiro atoms. The minimum Gasteiger partial charge on any atom is -0.381 e. The lowest BCUT2D eigenvalue weighted by atomic mass is 9.74. The topological polar surface area (TPSA) is 48.9 Å². The smallest absolute Gasteiger partial charge is 0.191 e. The van der Waals surface area contributed by atoms with Gasteiger partial charge in [-0.05, 0) is 50.2 Å². The summed E-state index contributed by atoms with van der Waals surface area (Å²) in [4.78, 5) is 7.28. The SMILES string of the molecule is CN=C(NCC1(c2ccccc2Cl)CCOCC1)NC1CCN(C2CCCCC2)CC1.I. The van der Waals surface area contributed by atoms with Gasteiger partial charge in [-0.15, -0.1) is 24.0 Å². The fourth-order valence-corrected chi connectivity index (χ4v) is 6.03. The van der Waals surface area contributed by atoms with Crippen LogP contribution in [0.5, 0.6) is 0 Å². The molecule has 1 aliphatic carbocycles. The van der Waals surface area contributed by atoms with Gasteiger partial charge in [-0.2, -0.15) is 0 Å². The Morgan fingerprint density at radius 3 is 2.44 bits per heavy atom. The fraction of sp³-hybridized carbons (Fsp3) is 0.720. The molecule has 4 rings (SSSR count). The number of hydrogen-bond donors (Lipinski definition) is 2. The Kier molecular flexibility index (Phi) is 10.4. The first-order valence-electron chi connectivity index (χ1n) is 12.2. The maximum absolute atomic E-state index is 6.61. The summed E-state index contributed by atoms with van der Waals surface area (Å²) in [5.41, 5.74) is 1.21. The number of rotatable bonds is 5. The standard InChI is InChI=1S/C25H39ClN4O.HI/c1-27-24(29-20-11-15-30(16-12-20)21-7-3-2-4-8-21)28-19-25(13-17-31-18-14-25)22-9-5-6-10-23(22)26;/h5-6,9-10,20-21H,2-4,7-8,11-19H2,1H3,(H2,27,28,29);1H. The number of nitrogens with one attached hydrogen (secondary N) is 2. The van der Waals surface area contributed by atoms with Gasteiger partial charge in [-0.3, -0.25) is 4.99 Å². The van der Waals surface area contributed by atoms with E-state index < -0.39 is 0 Å². The summed E-state index contributed by atoms with van der Waals surface area (Å²) in [5.74, 6) is 0.911. The molecular formula is C25H40ClIN4O. The Morgan fingerprint density at radius 2 is 1.78 bits per heavy atom. The minimum absolute atomic E-state index is 0. The van der Waals surface area contributed by atoms with E-state index in [1.165, 1.54) is 63.6 Å². The van der Waals surface area contributed by atoms with Crippen LogP contribution in [0.25, 0.3) is 0 Å². The number of hydrogen-bond acceptors (Lipinski definition) is 3. The lowest BCUT2D eigenvalue weighted by molar-refractivity contribution is 0.0513. The number of benzene rings is 1. The van der Waals surface area contributed by atoms with Crippen molar-refractivity contribution in [1.82, 2.24) is 15.5 Å². The van der Waals surface area contributed by atoms with Gasteiger partial charge in [-0.25, -0.2) is 0 Å². The van der Waals surface area contributed by atoms with Crippen LogP contribution in [0.2, 0.25) is 5.02 Å². The second-order valence-electron chi connectivity index (χ2n) is 9.54. The Hall–Kier alpha value is -0.570. The first kappa shape index (κ1) is 26.0. The molecule has 32 heavy (non-hydrogen) atoms. The zero-order chi connectivity index (χ0) is 21.5. The molecule has 3 fully saturated rings. The molecule has 2 N–H and O–H groups in total. The third-order valence-electron chi connectivity index (χ3n) is 7.67. The molecule has 180 valence electrons. The van der Waals surface area contributed by atoms with Crippen molar-refractivity contribution in [2.45, 2.75) is 75.3 Å². The van der Waals surface area contributed by atoms with Crippen LogP contribution in [0.15, 0.2) is 29.3 Å². The average Bonchev–Trinajstić information content (AvgIpc) is 2.83. The molecule has 0 bridgehead atoms. The van der Waals surface area contributed by atoms with Gasteiger partial charge >= 0.3 is 0 Å². The third-order valence-corrected chi connectivity index (χ3v) is 8.00. The first-order valence-corrected chi connectivity index (χ1v) is 12.6. The van der Waals surface area contributed by atoms with Crippen molar-refractivity contribution in [3.05, 3.63) is 34.9 Å². The molecule has 0 unspecified atom stereocenters. The lowest BCUT2D eigenvalue weighted by Gasteiger charge is -2.40. The second-order valence-corrected chi connectivity index (χ2v) is 9.95. The molecule has 0 atom stereocenters. The number of guanidine groups is 1. The van der Waals surface area contributed by atoms with Crippen molar-refractivity contribution in [3.8, 4) is 0 Å². The van der Waals surface area contributed by atoms with E-state index in [0.717, 1.165) is 49.6 Å². The van der Waals surface area contributed by atoms with Crippen molar-refractivity contribution in [3.63, 3.8) is 0 Å². The van der Waals surface area contributed by atoms with Gasteiger partial charge in [0, 0.05) is 62.4 Å². The van der Waals surface area contributed by atoms with Crippen molar-refractivity contribution in [2.75, 3.05) is 39.9 Å². The number of likely N-dealkylation sites (tertiary alicyclic amines) is 1. The zero-order valence-corrected chi connectivity index (χ0v) is 22.5. The van der Waals surface area contributed by atoms with E-state index >= 15 is 0 Å². The molecule has 0 amide bonds. The third kappa shape index (κ3) is 6.51. The highest BCUT2D eigenvalue weighted by Gasteiger charge is 2.36. The second kappa shape index (κ2) is 12.8. The molecule has 2 heterocycles. The van der Waals surface area contributed by atoms with Crippen LogP contribution in [0, 0.1) is 0 Å². The van der Waals surface area contributed by atoms with Gasteiger partial charge in [-0.1, -0.05) is 49.1 Å². The predicted octanol–water partition coefficient (Wildman–Crippen LogP) is 4.97. The summed E-state index contributed by atoms with van der Waals surface area (Å²) in [5, 5.41) is 8.19. The Morgan fingerprint density at radius 1 is 1.09 bits per heavy atom. The molecule has 0 radical (unpaired) electrons. The maximum Gasteiger partial charge on any atom is 0.191 e. The van der Waals surface area contributed by atoms with E-state index in [-0.39, 0.29) is 29.4 Å². The Balaban J connectivity index is 0.00000289. The normalized spacial score (nSPS) is 23.4. The average molecular weight is 575 g/mol. The quantitative estimate of drug-likeness (QED) is 0.296. The van der Waals surface area contributed by atoms with Gasteiger partial charge in [0.25, 0.3) is 0 Å². The van der Waals surface area contributed by atoms with Gasteiger partial charge in [0.15, 0.2) is 5.96 Å². The molecule has 1 aromatic rings. The van der Waals surface area contributed by atoms with Crippen LogP contribution in [-0.2, 0) is 10.2 Å². The summed E-state index contributed by atoms with van der Waals surface area (Å²) in [7, 11) is 1.87. The number of aliphatic imine (C=N–C) groups is 1. The molecule has 7 heteroatoms. The van der Waals surface area contributed by atoms with E-state index in [1.807, 2.05) is 19.2 Å². The Bertz CT molecular complexity index is 726. The minimum atomic E-state index is -0.0153. The summed E-state index contributed by atoms with van der Waals surface area (Å²) in [6.45, 7) is 4.79. The van der Waals surface area contributed by atoms with E-state index in [0.29, 0.717) is 6.04 Å². The van der Waals surface area contributed by atoms with Crippen molar-refractivity contribution in [2.24, 2.45) is 4.99 Å². The van der Waals surface area contributed by atoms with Crippen molar-refractivity contribution < 1.29 is 4.74 Å². The highest BCUT2D eigenvalue weighted by Crippen LogP contribution is 2.38. The summed E-state index contributed by atoms with van der Waals surface area (Å²) in [6, 6.07) is 9.60. The van der Waals surface area contributed by atoms with Crippen LogP contribution in [-0.4, -0.2) is 62.8 Å². The molecule has 1 aromatic carbocycles. The highest BCUT2D eigenvalue weighted by atomic mass is 127. The number of halogens is 2. The largest absolute Gasteiger partial charge is 0.381 e. The number of ether oxygens (including phenoxy) is 1. The molecule has 1 saturated carbocycles. The fourth-order valence-electron chi connectivity index (χ4n) is 5.69. The summed E-state index contributed by atoms with van der Waals surface area (Å²) < 4.78 is 5.68.